The third-order valence-corrected chi connectivity index (χ3v) is 4.40. The number of rotatable bonds is 3. The van der Waals surface area contributed by atoms with Crippen LogP contribution in [0.4, 0.5) is 0 Å². The Morgan fingerprint density at radius 2 is 1.30 bits per heavy atom. The van der Waals surface area contributed by atoms with E-state index in [1.807, 2.05) is 0 Å². The largest absolute Gasteiger partial charge is 0.394 e. The first kappa shape index (κ1) is 18.9. The molecule has 0 radical (unpaired) electrons. The summed E-state index contributed by atoms with van der Waals surface area (Å²) < 4.78 is 10.3. The van der Waals surface area contributed by atoms with Gasteiger partial charge in [-0.1, -0.05) is 0 Å². The van der Waals surface area contributed by atoms with Gasteiger partial charge in [0.25, 0.3) is 0 Å². The lowest BCUT2D eigenvalue weighted by Crippen LogP contribution is -2.77. The SMILES string of the molecule is N[C@@H]1[C@@H](O)[C@H](O)[C@@H](CO)OC1(O)C1O[C@H](CO)[C@@H](O)[C@H](O)[C@@H]1O. The highest BCUT2D eigenvalue weighted by Crippen LogP contribution is 2.36. The second-order valence-electron chi connectivity index (χ2n) is 5.85. The highest BCUT2D eigenvalue weighted by molar-refractivity contribution is 5.07. The van der Waals surface area contributed by atoms with Gasteiger partial charge in [-0.3, -0.25) is 0 Å². The molecule has 0 aromatic heterocycles. The van der Waals surface area contributed by atoms with Crippen molar-refractivity contribution >= 4 is 0 Å². The van der Waals surface area contributed by atoms with Crippen molar-refractivity contribution in [3.63, 3.8) is 0 Å². The van der Waals surface area contributed by atoms with Crippen LogP contribution in [0.5, 0.6) is 0 Å². The maximum atomic E-state index is 10.7. The van der Waals surface area contributed by atoms with Crippen LogP contribution in [0.2, 0.25) is 0 Å². The van der Waals surface area contributed by atoms with Crippen LogP contribution in [0, 0.1) is 0 Å². The molecule has 2 heterocycles. The van der Waals surface area contributed by atoms with Crippen LogP contribution in [0.1, 0.15) is 0 Å². The van der Waals surface area contributed by atoms with Crippen LogP contribution >= 0.6 is 0 Å². The predicted octanol–water partition coefficient (Wildman–Crippen LogP) is -6.04. The summed E-state index contributed by atoms with van der Waals surface area (Å²) >= 11 is 0. The van der Waals surface area contributed by atoms with Crippen LogP contribution < -0.4 is 5.73 Å². The number of aliphatic hydroxyl groups is 8. The summed E-state index contributed by atoms with van der Waals surface area (Å²) in [5, 5.41) is 78.2. The van der Waals surface area contributed by atoms with Gasteiger partial charge in [-0.25, -0.2) is 0 Å². The smallest absolute Gasteiger partial charge is 0.213 e. The minimum absolute atomic E-state index is 0.735. The molecule has 11 nitrogen and oxygen atoms in total. The van der Waals surface area contributed by atoms with Crippen molar-refractivity contribution in [1.82, 2.24) is 0 Å². The monoisotopic (exact) mass is 341 g/mol. The lowest BCUT2D eigenvalue weighted by atomic mass is 9.82. The highest BCUT2D eigenvalue weighted by Gasteiger charge is 2.61. The van der Waals surface area contributed by atoms with E-state index in [9.17, 15) is 35.7 Å². The number of ether oxygens (including phenoxy) is 2. The van der Waals surface area contributed by atoms with Crippen LogP contribution in [0.25, 0.3) is 0 Å². The van der Waals surface area contributed by atoms with Crippen LogP contribution in [0.3, 0.4) is 0 Å². The molecule has 0 spiro atoms. The topological polar surface area (TPSA) is 206 Å². The zero-order chi connectivity index (χ0) is 17.5. The van der Waals surface area contributed by atoms with Gasteiger partial charge >= 0.3 is 0 Å². The number of hydrogen-bond acceptors (Lipinski definition) is 11. The van der Waals surface area contributed by atoms with Crippen molar-refractivity contribution < 1.29 is 50.3 Å². The summed E-state index contributed by atoms with van der Waals surface area (Å²) in [6, 6.07) is -1.67. The molecule has 0 aliphatic carbocycles. The van der Waals surface area contributed by atoms with Crippen molar-refractivity contribution in [3.8, 4) is 0 Å². The van der Waals surface area contributed by atoms with Gasteiger partial charge in [-0.2, -0.15) is 0 Å². The molecule has 10 N–H and O–H groups in total. The van der Waals surface area contributed by atoms with Crippen molar-refractivity contribution in [2.24, 2.45) is 5.73 Å². The number of hydrogen-bond donors (Lipinski definition) is 9. The Labute approximate surface area is 131 Å². The molecule has 2 aliphatic heterocycles. The van der Waals surface area contributed by atoms with E-state index in [1.165, 1.54) is 0 Å². The molecule has 2 unspecified atom stereocenters. The molecule has 10 atom stereocenters. The lowest BCUT2D eigenvalue weighted by Gasteiger charge is -2.53. The fourth-order valence-corrected chi connectivity index (χ4v) is 2.91. The Bertz CT molecular complexity index is 409. The zero-order valence-electron chi connectivity index (χ0n) is 12.1. The van der Waals surface area contributed by atoms with E-state index in [2.05, 4.69) is 0 Å². The average Bonchev–Trinajstić information content (AvgIpc) is 2.54. The Morgan fingerprint density at radius 1 is 0.783 bits per heavy atom. The maximum absolute atomic E-state index is 10.7. The van der Waals surface area contributed by atoms with Gasteiger partial charge in [0, 0.05) is 0 Å². The summed E-state index contributed by atoms with van der Waals surface area (Å²) in [5.74, 6) is -2.60. The molecular weight excluding hydrogens is 318 g/mol. The Kier molecular flexibility index (Phi) is 5.60. The van der Waals surface area contributed by atoms with Gasteiger partial charge in [0.2, 0.25) is 5.79 Å². The third kappa shape index (κ3) is 2.99. The number of aliphatic hydroxyl groups excluding tert-OH is 7. The molecule has 0 bridgehead atoms. The molecule has 0 saturated carbocycles. The molecule has 2 saturated heterocycles. The predicted molar refractivity (Wildman–Crippen MR) is 70.7 cm³/mol. The molecular formula is C12H23NO10. The minimum atomic E-state index is -2.60. The fraction of sp³-hybridized carbons (Fsp3) is 1.00. The summed E-state index contributed by atoms with van der Waals surface area (Å²) in [6.07, 6.45) is -13.1. The van der Waals surface area contributed by atoms with E-state index in [0.717, 1.165) is 0 Å². The molecule has 11 heteroatoms. The first-order chi connectivity index (χ1) is 10.7. The van der Waals surface area contributed by atoms with Gasteiger partial charge in [-0.15, -0.1) is 0 Å². The van der Waals surface area contributed by atoms with Gasteiger partial charge in [0.05, 0.1) is 19.3 Å². The maximum Gasteiger partial charge on any atom is 0.213 e. The van der Waals surface area contributed by atoms with Crippen LogP contribution in [0.15, 0.2) is 0 Å². The van der Waals surface area contributed by atoms with E-state index in [4.69, 9.17) is 20.3 Å². The highest BCUT2D eigenvalue weighted by atomic mass is 16.7. The van der Waals surface area contributed by atoms with E-state index < -0.39 is 73.9 Å². The number of nitrogens with two attached hydrogens (primary N) is 1. The van der Waals surface area contributed by atoms with Gasteiger partial charge < -0.3 is 56.1 Å². The second-order valence-corrected chi connectivity index (χ2v) is 5.85. The molecule has 2 fully saturated rings. The molecule has 2 rings (SSSR count). The summed E-state index contributed by atoms with van der Waals surface area (Å²) in [7, 11) is 0. The summed E-state index contributed by atoms with van der Waals surface area (Å²) in [4.78, 5) is 0. The molecule has 23 heavy (non-hydrogen) atoms. The third-order valence-electron chi connectivity index (χ3n) is 4.40. The lowest BCUT2D eigenvalue weighted by molar-refractivity contribution is -0.382. The summed E-state index contributed by atoms with van der Waals surface area (Å²) in [6.45, 7) is -1.51. The molecule has 0 aromatic rings. The first-order valence-electron chi connectivity index (χ1n) is 7.12. The van der Waals surface area contributed by atoms with E-state index in [-0.39, 0.29) is 0 Å². The quantitative estimate of drug-likeness (QED) is 0.236. The van der Waals surface area contributed by atoms with Crippen LogP contribution in [-0.4, -0.2) is 115 Å². The van der Waals surface area contributed by atoms with Gasteiger partial charge in [-0.05, 0) is 0 Å². The van der Waals surface area contributed by atoms with Gasteiger partial charge in [0.15, 0.2) is 0 Å². The molecule has 0 aromatic carbocycles. The fourth-order valence-electron chi connectivity index (χ4n) is 2.91. The van der Waals surface area contributed by atoms with E-state index in [1.54, 1.807) is 0 Å². The average molecular weight is 341 g/mol. The molecule has 2 aliphatic rings. The second kappa shape index (κ2) is 6.82. The Morgan fingerprint density at radius 3 is 1.83 bits per heavy atom. The zero-order valence-corrected chi connectivity index (χ0v) is 12.1. The summed E-state index contributed by atoms with van der Waals surface area (Å²) in [5.41, 5.74) is 5.66. The van der Waals surface area contributed by atoms with Crippen molar-refractivity contribution in [1.29, 1.82) is 0 Å². The van der Waals surface area contributed by atoms with E-state index in [0.29, 0.717) is 0 Å². The minimum Gasteiger partial charge on any atom is -0.394 e. The first-order valence-corrected chi connectivity index (χ1v) is 7.12. The van der Waals surface area contributed by atoms with Gasteiger partial charge in [0.1, 0.15) is 48.8 Å². The van der Waals surface area contributed by atoms with Crippen LogP contribution in [-0.2, 0) is 9.47 Å². The van der Waals surface area contributed by atoms with E-state index >= 15 is 0 Å². The Hall–Kier alpha value is -0.440. The molecule has 136 valence electrons. The standard InChI is InChI=1S/C12H23NO10/c13-10-8(19)6(17)4(2-15)23-12(10,21)11-9(20)7(18)5(16)3(1-14)22-11/h3-11,14-21H,1-2,13H2/t3-,4-,5-,6-,7+,8+,9+,10-,11?,12?/m1/s1. The molecule has 0 amide bonds. The van der Waals surface area contributed by atoms with Crippen molar-refractivity contribution in [2.75, 3.05) is 13.2 Å². The normalized spacial score (nSPS) is 54.9. The van der Waals surface area contributed by atoms with Crippen molar-refractivity contribution in [2.45, 2.75) is 60.7 Å². The van der Waals surface area contributed by atoms with Crippen molar-refractivity contribution in [3.05, 3.63) is 0 Å². The Balaban J connectivity index is 2.33.